The van der Waals surface area contributed by atoms with Gasteiger partial charge in [0.2, 0.25) is 5.91 Å². The largest absolute Gasteiger partial charge is 0.353 e. The Labute approximate surface area is 174 Å². The summed E-state index contributed by atoms with van der Waals surface area (Å²) in [6.07, 6.45) is 5.57. The van der Waals surface area contributed by atoms with Crippen molar-refractivity contribution < 1.29 is 4.79 Å². The normalized spacial score (nSPS) is 15.2. The lowest BCUT2D eigenvalue weighted by molar-refractivity contribution is -0.119. The number of aryl methyl sites for hydroxylation is 1. The van der Waals surface area contributed by atoms with Crippen LogP contribution in [0.3, 0.4) is 0 Å². The number of nitrogens with one attached hydrogen (secondary N) is 1. The minimum absolute atomic E-state index is 0.0568. The van der Waals surface area contributed by atoms with Crippen molar-refractivity contribution in [1.82, 2.24) is 24.4 Å². The quantitative estimate of drug-likeness (QED) is 0.568. The molecule has 1 fully saturated rings. The van der Waals surface area contributed by atoms with E-state index in [1.807, 2.05) is 13.8 Å². The topological polar surface area (TPSA) is 98.9 Å². The van der Waals surface area contributed by atoms with Crippen molar-refractivity contribution in [3.63, 3.8) is 0 Å². The maximum atomic E-state index is 12.8. The first-order valence-corrected chi connectivity index (χ1v) is 11.2. The van der Waals surface area contributed by atoms with Crippen molar-refractivity contribution in [2.45, 2.75) is 70.5 Å². The molecule has 0 saturated heterocycles. The van der Waals surface area contributed by atoms with E-state index < -0.39 is 5.56 Å². The molecule has 1 N–H and O–H groups in total. The van der Waals surface area contributed by atoms with Gasteiger partial charge in [0.15, 0.2) is 5.65 Å². The van der Waals surface area contributed by atoms with Crippen molar-refractivity contribution in [3.05, 3.63) is 26.7 Å². The Balaban J connectivity index is 1.93. The Kier molecular flexibility index (Phi) is 6.77. The minimum Gasteiger partial charge on any atom is -0.353 e. The molecular formula is C20H29N5O3S. The van der Waals surface area contributed by atoms with Crippen LogP contribution in [0.1, 0.15) is 51.8 Å². The van der Waals surface area contributed by atoms with Crippen LogP contribution in [0.2, 0.25) is 0 Å². The molecule has 9 heteroatoms. The zero-order chi connectivity index (χ0) is 21.1. The molecule has 0 bridgehead atoms. The summed E-state index contributed by atoms with van der Waals surface area (Å²) in [5, 5.41) is 3.83. The lowest BCUT2D eigenvalue weighted by atomic mass is 9.95. The SMILES string of the molecule is Cc1nc(SCC(=O)NC2CCCCC2)c2c(=O)n(C)c(=O)n(CC(C)C)c2n1. The monoisotopic (exact) mass is 419 g/mol. The Morgan fingerprint density at radius 1 is 1.21 bits per heavy atom. The van der Waals surface area contributed by atoms with E-state index in [2.05, 4.69) is 15.3 Å². The second-order valence-corrected chi connectivity index (χ2v) is 9.08. The predicted molar refractivity (Wildman–Crippen MR) is 114 cm³/mol. The number of hydrogen-bond donors (Lipinski definition) is 1. The highest BCUT2D eigenvalue weighted by molar-refractivity contribution is 8.00. The van der Waals surface area contributed by atoms with Gasteiger partial charge in [-0.3, -0.25) is 18.7 Å². The van der Waals surface area contributed by atoms with Crippen molar-refractivity contribution >= 4 is 28.7 Å². The molecule has 1 aliphatic rings. The Morgan fingerprint density at radius 3 is 2.55 bits per heavy atom. The molecule has 2 heterocycles. The maximum Gasteiger partial charge on any atom is 0.332 e. The number of amides is 1. The number of aromatic nitrogens is 4. The molecule has 29 heavy (non-hydrogen) atoms. The summed E-state index contributed by atoms with van der Waals surface area (Å²) in [5.41, 5.74) is -0.477. The van der Waals surface area contributed by atoms with E-state index in [0.717, 1.165) is 30.3 Å². The molecule has 158 valence electrons. The van der Waals surface area contributed by atoms with Crippen molar-refractivity contribution in [3.8, 4) is 0 Å². The molecular weight excluding hydrogens is 390 g/mol. The molecule has 1 amide bonds. The van der Waals surface area contributed by atoms with E-state index in [0.29, 0.717) is 28.4 Å². The lowest BCUT2D eigenvalue weighted by Crippen LogP contribution is -2.40. The molecule has 0 spiro atoms. The number of carbonyl (C=O) groups is 1. The van der Waals surface area contributed by atoms with Gasteiger partial charge in [-0.05, 0) is 25.7 Å². The molecule has 2 aromatic heterocycles. The second kappa shape index (κ2) is 9.11. The van der Waals surface area contributed by atoms with Gasteiger partial charge in [-0.15, -0.1) is 0 Å². The smallest absolute Gasteiger partial charge is 0.332 e. The van der Waals surface area contributed by atoms with E-state index >= 15 is 0 Å². The first-order chi connectivity index (χ1) is 13.8. The van der Waals surface area contributed by atoms with Crippen LogP contribution in [0.15, 0.2) is 14.6 Å². The van der Waals surface area contributed by atoms with Gasteiger partial charge in [-0.2, -0.15) is 0 Å². The van der Waals surface area contributed by atoms with Crippen molar-refractivity contribution in [2.75, 3.05) is 5.75 Å². The van der Waals surface area contributed by atoms with Crippen LogP contribution in [0.4, 0.5) is 0 Å². The Bertz CT molecular complexity index is 1020. The van der Waals surface area contributed by atoms with Crippen LogP contribution < -0.4 is 16.6 Å². The zero-order valence-electron chi connectivity index (χ0n) is 17.5. The van der Waals surface area contributed by atoms with Crippen LogP contribution in [-0.4, -0.2) is 36.8 Å². The number of hydrogen-bond acceptors (Lipinski definition) is 6. The van der Waals surface area contributed by atoms with Gasteiger partial charge >= 0.3 is 5.69 Å². The number of carbonyl (C=O) groups excluding carboxylic acids is 1. The average molecular weight is 420 g/mol. The molecule has 0 radical (unpaired) electrons. The third kappa shape index (κ3) is 4.88. The average Bonchev–Trinajstić information content (AvgIpc) is 2.68. The molecule has 8 nitrogen and oxygen atoms in total. The summed E-state index contributed by atoms with van der Waals surface area (Å²) in [6.45, 7) is 6.19. The highest BCUT2D eigenvalue weighted by Gasteiger charge is 2.20. The van der Waals surface area contributed by atoms with E-state index in [9.17, 15) is 14.4 Å². The molecule has 0 aliphatic heterocycles. The molecule has 1 aliphatic carbocycles. The summed E-state index contributed by atoms with van der Waals surface area (Å²) in [7, 11) is 1.46. The third-order valence-corrected chi connectivity index (χ3v) is 6.09. The highest BCUT2D eigenvalue weighted by Crippen LogP contribution is 2.23. The van der Waals surface area contributed by atoms with Gasteiger partial charge in [0.05, 0.1) is 5.75 Å². The summed E-state index contributed by atoms with van der Waals surface area (Å²) < 4.78 is 2.62. The summed E-state index contributed by atoms with van der Waals surface area (Å²) in [5.74, 6) is 0.798. The zero-order valence-corrected chi connectivity index (χ0v) is 18.3. The standard InChI is InChI=1S/C20H29N5O3S/c1-12(2)10-25-17-16(19(27)24(4)20(25)28)18(22-13(3)21-17)29-11-15(26)23-14-8-6-5-7-9-14/h12,14H,5-11H2,1-4H3,(H,23,26). The molecule has 1 saturated carbocycles. The third-order valence-electron chi connectivity index (χ3n) is 5.12. The number of fused-ring (bicyclic) bond motifs is 1. The van der Waals surface area contributed by atoms with E-state index in [1.54, 1.807) is 6.92 Å². The van der Waals surface area contributed by atoms with Gasteiger partial charge in [-0.25, -0.2) is 14.8 Å². The fourth-order valence-corrected chi connectivity index (χ4v) is 4.60. The van der Waals surface area contributed by atoms with Crippen molar-refractivity contribution in [2.24, 2.45) is 13.0 Å². The second-order valence-electron chi connectivity index (χ2n) is 8.12. The fourth-order valence-electron chi connectivity index (χ4n) is 3.73. The highest BCUT2D eigenvalue weighted by atomic mass is 32.2. The molecule has 0 atom stereocenters. The predicted octanol–water partition coefficient (Wildman–Crippen LogP) is 2.00. The number of rotatable bonds is 6. The number of thioether (sulfide) groups is 1. The fraction of sp³-hybridized carbons (Fsp3) is 0.650. The first-order valence-electron chi connectivity index (χ1n) is 10.2. The summed E-state index contributed by atoms with van der Waals surface area (Å²) >= 11 is 1.23. The lowest BCUT2D eigenvalue weighted by Gasteiger charge is -2.22. The van der Waals surface area contributed by atoms with Crippen LogP contribution in [0, 0.1) is 12.8 Å². The van der Waals surface area contributed by atoms with Gasteiger partial charge in [-0.1, -0.05) is 44.9 Å². The first kappa shape index (κ1) is 21.5. The Hall–Kier alpha value is -2.16. The van der Waals surface area contributed by atoms with E-state index in [4.69, 9.17) is 0 Å². The van der Waals surface area contributed by atoms with Crippen LogP contribution in [0.5, 0.6) is 0 Å². The van der Waals surface area contributed by atoms with Crippen molar-refractivity contribution in [1.29, 1.82) is 0 Å². The van der Waals surface area contributed by atoms with Gasteiger partial charge < -0.3 is 5.32 Å². The number of nitrogens with zero attached hydrogens (tertiary/aromatic N) is 4. The Morgan fingerprint density at radius 2 is 1.90 bits per heavy atom. The van der Waals surface area contributed by atoms with E-state index in [1.165, 1.54) is 29.8 Å². The van der Waals surface area contributed by atoms with Gasteiger partial charge in [0, 0.05) is 19.6 Å². The van der Waals surface area contributed by atoms with E-state index in [-0.39, 0.29) is 29.3 Å². The van der Waals surface area contributed by atoms with Crippen LogP contribution in [-0.2, 0) is 18.4 Å². The minimum atomic E-state index is -0.430. The summed E-state index contributed by atoms with van der Waals surface area (Å²) in [6, 6.07) is 0.241. The molecule has 0 aromatic carbocycles. The molecule has 3 rings (SSSR count). The van der Waals surface area contributed by atoms with Crippen LogP contribution in [0.25, 0.3) is 11.0 Å². The van der Waals surface area contributed by atoms with Crippen LogP contribution >= 0.6 is 11.8 Å². The molecule has 2 aromatic rings. The van der Waals surface area contributed by atoms with Gasteiger partial charge in [0.1, 0.15) is 16.2 Å². The van der Waals surface area contributed by atoms with Gasteiger partial charge in [0.25, 0.3) is 5.56 Å². The maximum absolute atomic E-state index is 12.8. The molecule has 0 unspecified atom stereocenters. The summed E-state index contributed by atoms with van der Waals surface area (Å²) in [4.78, 5) is 46.7.